The van der Waals surface area contributed by atoms with E-state index < -0.39 is 0 Å². The number of hydrogen-bond acceptors (Lipinski definition) is 1. The molecule has 2 rings (SSSR count). The Labute approximate surface area is 148 Å². The van der Waals surface area contributed by atoms with Crippen molar-refractivity contribution in [2.75, 3.05) is 13.8 Å². The van der Waals surface area contributed by atoms with Gasteiger partial charge in [-0.3, -0.25) is 4.39 Å². The molecule has 0 aliphatic heterocycles. The molecule has 1 nitrogen and oxygen atoms in total. The van der Waals surface area contributed by atoms with E-state index >= 15 is 0 Å². The van der Waals surface area contributed by atoms with Gasteiger partial charge >= 0.3 is 0 Å². The number of alkyl halides is 1. The highest BCUT2D eigenvalue weighted by molar-refractivity contribution is 5.07. The molecule has 2 heteroatoms. The normalized spacial score (nSPS) is 28.2. The van der Waals surface area contributed by atoms with Crippen LogP contribution >= 0.6 is 0 Å². The van der Waals surface area contributed by atoms with Gasteiger partial charge in [-0.1, -0.05) is 23.8 Å². The summed E-state index contributed by atoms with van der Waals surface area (Å²) in [5.41, 5.74) is 1.72. The minimum Gasteiger partial charge on any atom is -0.381 e. The predicted octanol–water partition coefficient (Wildman–Crippen LogP) is 6.78. The minimum atomic E-state index is -0.186. The molecular weight excluding hydrogens is 299 g/mol. The Morgan fingerprint density at radius 2 is 1.83 bits per heavy atom. The summed E-state index contributed by atoms with van der Waals surface area (Å²) < 4.78 is 17.5. The van der Waals surface area contributed by atoms with Crippen LogP contribution in [0.25, 0.3) is 0 Å². The maximum atomic E-state index is 12.0. The monoisotopic (exact) mass is 336 g/mol. The van der Waals surface area contributed by atoms with Crippen LogP contribution in [0.5, 0.6) is 0 Å². The number of hydrogen-bond donors (Lipinski definition) is 0. The molecule has 1 atom stereocenters. The number of methoxy groups -OCH3 is 1. The summed E-state index contributed by atoms with van der Waals surface area (Å²) >= 11 is 0. The third-order valence-electron chi connectivity index (χ3n) is 6.03. The van der Waals surface area contributed by atoms with Crippen LogP contribution in [0.1, 0.15) is 83.5 Å². The lowest BCUT2D eigenvalue weighted by molar-refractivity contribution is 0.0556. The number of unbranched alkanes of at least 4 members (excludes halogenated alkanes) is 1. The smallest absolute Gasteiger partial charge is 0.0897 e. The Bertz CT molecular complexity index is 379. The fourth-order valence-electron chi connectivity index (χ4n) is 4.24. The first-order valence-corrected chi connectivity index (χ1v) is 10.2. The van der Waals surface area contributed by atoms with E-state index in [2.05, 4.69) is 18.2 Å². The molecule has 1 unspecified atom stereocenters. The summed E-state index contributed by atoms with van der Waals surface area (Å²) in [6.45, 7) is -0.186. The number of allylic oxidation sites excluding steroid dienone is 4. The highest BCUT2D eigenvalue weighted by atomic mass is 19.1. The molecule has 0 N–H and O–H groups in total. The molecule has 0 amide bonds. The van der Waals surface area contributed by atoms with Crippen molar-refractivity contribution in [1.29, 1.82) is 0 Å². The molecule has 0 radical (unpaired) electrons. The third-order valence-corrected chi connectivity index (χ3v) is 6.03. The summed E-state index contributed by atoms with van der Waals surface area (Å²) in [5.74, 6) is 1.81. The minimum absolute atomic E-state index is 0.186. The summed E-state index contributed by atoms with van der Waals surface area (Å²) in [6.07, 6.45) is 23.5. The van der Waals surface area contributed by atoms with Gasteiger partial charge in [-0.05, 0) is 95.3 Å². The Morgan fingerprint density at radius 1 is 1.04 bits per heavy atom. The van der Waals surface area contributed by atoms with Gasteiger partial charge in [0.1, 0.15) is 0 Å². The van der Waals surface area contributed by atoms with E-state index in [1.165, 1.54) is 70.6 Å². The van der Waals surface area contributed by atoms with Crippen LogP contribution in [0, 0.1) is 11.8 Å². The van der Waals surface area contributed by atoms with Crippen LogP contribution in [-0.4, -0.2) is 19.9 Å². The van der Waals surface area contributed by atoms with Gasteiger partial charge in [-0.15, -0.1) is 0 Å². The molecular formula is C22H37FO. The topological polar surface area (TPSA) is 9.23 Å². The second kappa shape index (κ2) is 11.8. The number of rotatable bonds is 10. The van der Waals surface area contributed by atoms with Crippen LogP contribution in [0.4, 0.5) is 4.39 Å². The largest absolute Gasteiger partial charge is 0.381 e. The van der Waals surface area contributed by atoms with Crippen LogP contribution < -0.4 is 0 Å². The van der Waals surface area contributed by atoms with Gasteiger partial charge in [-0.25, -0.2) is 0 Å². The highest BCUT2D eigenvalue weighted by Crippen LogP contribution is 2.33. The van der Waals surface area contributed by atoms with Crippen molar-refractivity contribution in [2.45, 2.75) is 89.6 Å². The van der Waals surface area contributed by atoms with Crippen molar-refractivity contribution in [3.8, 4) is 0 Å². The molecule has 0 saturated heterocycles. The lowest BCUT2D eigenvalue weighted by Gasteiger charge is -2.28. The molecule has 0 spiro atoms. The Balaban J connectivity index is 1.55. The van der Waals surface area contributed by atoms with Crippen molar-refractivity contribution < 1.29 is 9.13 Å². The van der Waals surface area contributed by atoms with Gasteiger partial charge < -0.3 is 4.74 Å². The van der Waals surface area contributed by atoms with Crippen LogP contribution in [0.2, 0.25) is 0 Å². The van der Waals surface area contributed by atoms with Crippen molar-refractivity contribution in [3.63, 3.8) is 0 Å². The first-order chi connectivity index (χ1) is 11.8. The van der Waals surface area contributed by atoms with Gasteiger partial charge in [0.25, 0.3) is 0 Å². The Hall–Kier alpha value is -0.630. The van der Waals surface area contributed by atoms with Gasteiger partial charge in [0.15, 0.2) is 0 Å². The van der Waals surface area contributed by atoms with E-state index in [1.54, 1.807) is 5.57 Å². The molecule has 138 valence electrons. The first-order valence-electron chi connectivity index (χ1n) is 10.2. The first kappa shape index (κ1) is 19.7. The van der Waals surface area contributed by atoms with E-state index in [4.69, 9.17) is 4.74 Å². The fraction of sp³-hybridized carbons (Fsp3) is 0.818. The predicted molar refractivity (Wildman–Crippen MR) is 101 cm³/mol. The maximum Gasteiger partial charge on any atom is 0.0897 e. The van der Waals surface area contributed by atoms with Gasteiger partial charge in [-0.2, -0.15) is 0 Å². The van der Waals surface area contributed by atoms with Gasteiger partial charge in [0.05, 0.1) is 12.8 Å². The van der Waals surface area contributed by atoms with Crippen molar-refractivity contribution in [2.24, 2.45) is 11.8 Å². The average molecular weight is 337 g/mol. The van der Waals surface area contributed by atoms with E-state index in [-0.39, 0.29) is 6.67 Å². The Morgan fingerprint density at radius 3 is 2.50 bits per heavy atom. The number of ether oxygens (including phenoxy) is 1. The second-order valence-corrected chi connectivity index (χ2v) is 7.80. The molecule has 0 aromatic heterocycles. The lowest BCUT2D eigenvalue weighted by Crippen LogP contribution is -2.20. The summed E-state index contributed by atoms with van der Waals surface area (Å²) in [5, 5.41) is 0. The maximum absolute atomic E-state index is 12.0. The van der Waals surface area contributed by atoms with Crippen LogP contribution in [-0.2, 0) is 4.74 Å². The summed E-state index contributed by atoms with van der Waals surface area (Å²) in [6, 6.07) is 0. The summed E-state index contributed by atoms with van der Waals surface area (Å²) in [7, 11) is 1.86. The average Bonchev–Trinajstić information content (AvgIpc) is 2.64. The second-order valence-electron chi connectivity index (χ2n) is 7.80. The van der Waals surface area contributed by atoms with Crippen molar-refractivity contribution >= 4 is 0 Å². The zero-order chi connectivity index (χ0) is 17.0. The molecule has 2 aliphatic rings. The number of halogens is 1. The van der Waals surface area contributed by atoms with Gasteiger partial charge in [0, 0.05) is 7.11 Å². The Kier molecular flexibility index (Phi) is 9.72. The molecule has 0 aromatic carbocycles. The molecule has 0 bridgehead atoms. The van der Waals surface area contributed by atoms with Crippen LogP contribution in [0.3, 0.4) is 0 Å². The van der Waals surface area contributed by atoms with E-state index in [0.717, 1.165) is 18.3 Å². The molecule has 1 fully saturated rings. The lowest BCUT2D eigenvalue weighted by atomic mass is 9.81. The van der Waals surface area contributed by atoms with E-state index in [9.17, 15) is 4.39 Å². The molecule has 0 heterocycles. The standard InChI is InChI=1S/C22H37FO/c1-24-22-16-14-21(15-17-22)13-12-20-10-8-19(9-11-20)7-5-3-2-4-6-18-23/h2-3,10,19,21-22H,4-9,11-18H2,1H3/b3-2+. The SMILES string of the molecule is COC1CCC(CCC2=CCC(CC/C=C/CCCF)CC2)CC1. The van der Waals surface area contributed by atoms with E-state index in [0.29, 0.717) is 12.5 Å². The van der Waals surface area contributed by atoms with E-state index in [1.807, 2.05) is 7.11 Å². The van der Waals surface area contributed by atoms with Crippen molar-refractivity contribution in [1.82, 2.24) is 0 Å². The summed E-state index contributed by atoms with van der Waals surface area (Å²) in [4.78, 5) is 0. The zero-order valence-electron chi connectivity index (χ0n) is 15.6. The molecule has 1 saturated carbocycles. The van der Waals surface area contributed by atoms with Crippen LogP contribution in [0.15, 0.2) is 23.8 Å². The fourth-order valence-corrected chi connectivity index (χ4v) is 4.24. The van der Waals surface area contributed by atoms with Gasteiger partial charge in [0.2, 0.25) is 0 Å². The third kappa shape index (κ3) is 7.51. The van der Waals surface area contributed by atoms with Crippen molar-refractivity contribution in [3.05, 3.63) is 23.8 Å². The molecule has 2 aliphatic carbocycles. The molecule has 0 aromatic rings. The quantitative estimate of drug-likeness (QED) is 0.315. The highest BCUT2D eigenvalue weighted by Gasteiger charge is 2.21. The molecule has 24 heavy (non-hydrogen) atoms. The zero-order valence-corrected chi connectivity index (χ0v) is 15.6.